The van der Waals surface area contributed by atoms with Gasteiger partial charge in [-0.3, -0.25) is 9.48 Å². The number of methoxy groups -OCH3 is 2. The molecular formula is C32H33ClF2N4O4. The van der Waals surface area contributed by atoms with E-state index in [1.165, 1.54) is 7.11 Å². The van der Waals surface area contributed by atoms with E-state index in [1.807, 2.05) is 16.9 Å². The van der Waals surface area contributed by atoms with Crippen molar-refractivity contribution in [1.29, 1.82) is 0 Å². The quantitative estimate of drug-likeness (QED) is 0.198. The summed E-state index contributed by atoms with van der Waals surface area (Å²) in [5, 5.41) is 19.3. The van der Waals surface area contributed by atoms with Crippen molar-refractivity contribution in [3.8, 4) is 22.8 Å². The number of benzene rings is 2. The molecule has 0 spiro atoms. The lowest BCUT2D eigenvalue weighted by atomic mass is 9.90. The molecule has 2 aliphatic rings. The van der Waals surface area contributed by atoms with E-state index in [4.69, 9.17) is 26.1 Å². The van der Waals surface area contributed by atoms with Crippen LogP contribution in [-0.2, 0) is 5.60 Å². The molecule has 1 atom stereocenters. The smallest absolute Gasteiger partial charge is 0.251 e. The van der Waals surface area contributed by atoms with Crippen LogP contribution in [0.1, 0.15) is 73.1 Å². The van der Waals surface area contributed by atoms with E-state index in [2.05, 4.69) is 10.4 Å². The molecular weight excluding hydrogens is 578 g/mol. The predicted octanol–water partition coefficient (Wildman–Crippen LogP) is 6.53. The van der Waals surface area contributed by atoms with E-state index in [0.29, 0.717) is 40.2 Å². The van der Waals surface area contributed by atoms with Gasteiger partial charge in [-0.15, -0.1) is 0 Å². The van der Waals surface area contributed by atoms with Gasteiger partial charge >= 0.3 is 0 Å². The standard InChI is InChI=1S/C32H33ClF2N4O4/c1-32(2,41)22-12-26(37-29(30(22)43-4)20-11-23(33)25(35)13-24(20)34)21(16-5-6-16)14-36-31(40)17-9-18-15-39(19-7-8-19)38-28(18)27(10-17)42-3/h9-13,15-16,19,21,41H,5-8,14H2,1-4H3,(H,36,40). The minimum Gasteiger partial charge on any atom is -0.494 e. The maximum Gasteiger partial charge on any atom is 0.251 e. The molecule has 11 heteroatoms. The van der Waals surface area contributed by atoms with Crippen molar-refractivity contribution in [2.75, 3.05) is 20.8 Å². The summed E-state index contributed by atoms with van der Waals surface area (Å²) < 4.78 is 42.2. The highest BCUT2D eigenvalue weighted by Crippen LogP contribution is 2.46. The predicted molar refractivity (Wildman–Crippen MR) is 159 cm³/mol. The Morgan fingerprint density at radius 2 is 1.86 bits per heavy atom. The van der Waals surface area contributed by atoms with Crippen molar-refractivity contribution >= 4 is 28.4 Å². The Balaban J connectivity index is 1.35. The minimum absolute atomic E-state index is 0.0543. The number of nitrogens with zero attached hydrogens (tertiary/aromatic N) is 3. The average molecular weight is 611 g/mol. The third kappa shape index (κ3) is 5.78. The number of pyridine rings is 1. The van der Waals surface area contributed by atoms with Gasteiger partial charge in [-0.25, -0.2) is 13.8 Å². The molecule has 0 aliphatic heterocycles. The zero-order valence-corrected chi connectivity index (χ0v) is 25.1. The summed E-state index contributed by atoms with van der Waals surface area (Å²) in [5.74, 6) is -1.37. The van der Waals surface area contributed by atoms with Crippen molar-refractivity contribution in [1.82, 2.24) is 20.1 Å². The fraction of sp³-hybridized carbons (Fsp3) is 0.406. The number of hydrogen-bond donors (Lipinski definition) is 2. The van der Waals surface area contributed by atoms with E-state index in [0.717, 1.165) is 37.1 Å². The van der Waals surface area contributed by atoms with E-state index >= 15 is 4.39 Å². The first-order valence-electron chi connectivity index (χ1n) is 14.3. The van der Waals surface area contributed by atoms with E-state index in [1.54, 1.807) is 33.1 Å². The van der Waals surface area contributed by atoms with Crippen LogP contribution in [0, 0.1) is 17.6 Å². The van der Waals surface area contributed by atoms with Crippen LogP contribution in [0.15, 0.2) is 36.5 Å². The van der Waals surface area contributed by atoms with Crippen molar-refractivity contribution in [2.24, 2.45) is 5.92 Å². The molecule has 6 rings (SSSR count). The number of fused-ring (bicyclic) bond motifs is 1. The van der Waals surface area contributed by atoms with Gasteiger partial charge in [0.25, 0.3) is 5.91 Å². The van der Waals surface area contributed by atoms with Crippen LogP contribution in [0.4, 0.5) is 8.78 Å². The Labute approximate surface area is 253 Å². The fourth-order valence-electron chi connectivity index (χ4n) is 5.54. The van der Waals surface area contributed by atoms with E-state index in [-0.39, 0.29) is 46.3 Å². The number of carbonyl (C=O) groups excluding carboxylic acids is 1. The van der Waals surface area contributed by atoms with Gasteiger partial charge in [0.1, 0.15) is 28.6 Å². The SMILES string of the molecule is COc1c(C(C)(C)O)cc(C(CNC(=O)c2cc(OC)c3nn(C4CC4)cc3c2)C2CC2)nc1-c1cc(Cl)c(F)cc1F. The first kappa shape index (κ1) is 29.3. The summed E-state index contributed by atoms with van der Waals surface area (Å²) in [6.07, 6.45) is 5.98. The lowest BCUT2D eigenvalue weighted by molar-refractivity contribution is 0.0753. The fourth-order valence-corrected chi connectivity index (χ4v) is 5.70. The molecule has 4 aromatic rings. The second-order valence-electron chi connectivity index (χ2n) is 11.9. The van der Waals surface area contributed by atoms with Crippen LogP contribution in [0.2, 0.25) is 5.02 Å². The monoisotopic (exact) mass is 610 g/mol. The Morgan fingerprint density at radius 3 is 2.49 bits per heavy atom. The largest absolute Gasteiger partial charge is 0.494 e. The maximum absolute atomic E-state index is 15.1. The Kier molecular flexibility index (Phi) is 7.54. The second kappa shape index (κ2) is 11.1. The Bertz CT molecular complexity index is 1730. The summed E-state index contributed by atoms with van der Waals surface area (Å²) in [6.45, 7) is 3.44. The van der Waals surface area contributed by atoms with E-state index in [9.17, 15) is 14.3 Å². The van der Waals surface area contributed by atoms with Crippen molar-refractivity contribution in [3.63, 3.8) is 0 Å². The number of aromatic nitrogens is 3. The highest BCUT2D eigenvalue weighted by atomic mass is 35.5. The maximum atomic E-state index is 15.1. The number of ether oxygens (including phenoxy) is 2. The van der Waals surface area contributed by atoms with Gasteiger partial charge in [0.05, 0.1) is 30.9 Å². The summed E-state index contributed by atoms with van der Waals surface area (Å²) in [7, 11) is 2.95. The first-order valence-corrected chi connectivity index (χ1v) is 14.7. The minimum atomic E-state index is -1.38. The number of halogens is 3. The van der Waals surface area contributed by atoms with Gasteiger partial charge in [0, 0.05) is 52.5 Å². The van der Waals surface area contributed by atoms with Gasteiger partial charge in [-0.1, -0.05) is 11.6 Å². The average Bonchev–Trinajstić information content (AvgIpc) is 3.91. The molecule has 2 heterocycles. The molecule has 2 fully saturated rings. The van der Waals surface area contributed by atoms with Gasteiger partial charge in [0.15, 0.2) is 5.75 Å². The molecule has 2 saturated carbocycles. The third-order valence-electron chi connectivity index (χ3n) is 8.17. The molecule has 2 N–H and O–H groups in total. The number of carbonyl (C=O) groups is 1. The topological polar surface area (TPSA) is 98.5 Å². The third-order valence-corrected chi connectivity index (χ3v) is 8.46. The van der Waals surface area contributed by atoms with Gasteiger partial charge < -0.3 is 19.9 Å². The number of hydrogen-bond acceptors (Lipinski definition) is 6. The summed E-state index contributed by atoms with van der Waals surface area (Å²) >= 11 is 6.02. The van der Waals surface area contributed by atoms with Crippen LogP contribution in [0.3, 0.4) is 0 Å². The number of nitrogens with one attached hydrogen (secondary N) is 1. The van der Waals surface area contributed by atoms with Crippen LogP contribution < -0.4 is 14.8 Å². The normalized spacial score (nSPS) is 15.9. The summed E-state index contributed by atoms with van der Waals surface area (Å²) in [4.78, 5) is 18.2. The zero-order chi connectivity index (χ0) is 30.6. The molecule has 2 aromatic heterocycles. The van der Waals surface area contributed by atoms with Crippen LogP contribution in [0.25, 0.3) is 22.2 Å². The molecule has 2 aromatic carbocycles. The number of amides is 1. The highest BCUT2D eigenvalue weighted by molar-refractivity contribution is 6.31. The van der Waals surface area contributed by atoms with E-state index < -0.39 is 17.2 Å². The van der Waals surface area contributed by atoms with Crippen molar-refractivity contribution < 1.29 is 28.2 Å². The molecule has 226 valence electrons. The molecule has 1 unspecified atom stereocenters. The van der Waals surface area contributed by atoms with Crippen molar-refractivity contribution in [3.05, 3.63) is 70.0 Å². The summed E-state index contributed by atoms with van der Waals surface area (Å²) in [6, 6.07) is 7.49. The summed E-state index contributed by atoms with van der Waals surface area (Å²) in [5.41, 5.74) is 0.746. The lowest BCUT2D eigenvalue weighted by Gasteiger charge is -2.26. The number of aliphatic hydroxyl groups is 1. The van der Waals surface area contributed by atoms with Gasteiger partial charge in [0.2, 0.25) is 0 Å². The van der Waals surface area contributed by atoms with Gasteiger partial charge in [-0.2, -0.15) is 5.10 Å². The Hall–Kier alpha value is -3.76. The number of rotatable bonds is 10. The van der Waals surface area contributed by atoms with Crippen LogP contribution in [0.5, 0.6) is 11.5 Å². The molecule has 0 bridgehead atoms. The molecule has 43 heavy (non-hydrogen) atoms. The van der Waals surface area contributed by atoms with Crippen LogP contribution >= 0.6 is 11.6 Å². The van der Waals surface area contributed by atoms with Gasteiger partial charge in [-0.05, 0) is 69.7 Å². The Morgan fingerprint density at radius 1 is 1.12 bits per heavy atom. The van der Waals surface area contributed by atoms with Crippen LogP contribution in [-0.4, -0.2) is 46.5 Å². The molecule has 0 saturated heterocycles. The molecule has 1 amide bonds. The first-order chi connectivity index (χ1) is 20.5. The molecule has 8 nitrogen and oxygen atoms in total. The lowest BCUT2D eigenvalue weighted by Crippen LogP contribution is -2.30. The second-order valence-corrected chi connectivity index (χ2v) is 12.3. The molecule has 2 aliphatic carbocycles. The van der Waals surface area contributed by atoms with Crippen molar-refractivity contribution in [2.45, 2.75) is 57.1 Å². The zero-order valence-electron chi connectivity index (χ0n) is 24.4. The highest BCUT2D eigenvalue weighted by Gasteiger charge is 2.36. The molecule has 0 radical (unpaired) electrons.